The zero-order chi connectivity index (χ0) is 15.2. The highest BCUT2D eigenvalue weighted by molar-refractivity contribution is 6.30. The van der Waals surface area contributed by atoms with E-state index in [2.05, 4.69) is 28.3 Å². The number of nitriles is 1. The number of ether oxygens (including phenoxy) is 1. The minimum Gasteiger partial charge on any atom is -0.495 e. The summed E-state index contributed by atoms with van der Waals surface area (Å²) in [6.07, 6.45) is 3.06. The van der Waals surface area contributed by atoms with Gasteiger partial charge in [-0.1, -0.05) is 31.0 Å². The maximum atomic E-state index is 9.24. The normalized spacial score (nSPS) is 10.0. The van der Waals surface area contributed by atoms with Crippen LogP contribution in [0, 0.1) is 11.3 Å². The van der Waals surface area contributed by atoms with Gasteiger partial charge in [0.15, 0.2) is 0 Å². The van der Waals surface area contributed by atoms with Crippen molar-refractivity contribution < 1.29 is 4.74 Å². The number of rotatable bonds is 5. The quantitative estimate of drug-likeness (QED) is 0.853. The van der Waals surface area contributed by atoms with Gasteiger partial charge in [-0.15, -0.1) is 0 Å². The maximum Gasteiger partial charge on any atom is 0.143 e. The lowest BCUT2D eigenvalue weighted by Crippen LogP contribution is -2.04. The van der Waals surface area contributed by atoms with Crippen LogP contribution in [-0.4, -0.2) is 17.1 Å². The first-order valence-corrected chi connectivity index (χ1v) is 6.92. The van der Waals surface area contributed by atoms with Gasteiger partial charge in [0, 0.05) is 5.56 Å². The Bertz CT molecular complexity index is 682. The molecule has 21 heavy (non-hydrogen) atoms. The van der Waals surface area contributed by atoms with Gasteiger partial charge < -0.3 is 10.1 Å². The molecule has 0 atom stereocenters. The van der Waals surface area contributed by atoms with Gasteiger partial charge in [0.25, 0.3) is 0 Å². The molecule has 0 radical (unpaired) electrons. The van der Waals surface area contributed by atoms with Crippen LogP contribution in [0.2, 0.25) is 5.15 Å². The van der Waals surface area contributed by atoms with E-state index in [0.717, 1.165) is 18.4 Å². The average Bonchev–Trinajstić information content (AvgIpc) is 2.51. The molecule has 0 fully saturated rings. The Kier molecular flexibility index (Phi) is 4.96. The first-order valence-electron chi connectivity index (χ1n) is 6.54. The number of hydrogen-bond acceptors (Lipinski definition) is 5. The van der Waals surface area contributed by atoms with Crippen LogP contribution in [0.5, 0.6) is 5.75 Å². The summed E-state index contributed by atoms with van der Waals surface area (Å²) in [7, 11) is 1.56. The molecule has 1 aromatic heterocycles. The predicted molar refractivity (Wildman–Crippen MR) is 82.0 cm³/mol. The first kappa shape index (κ1) is 15.1. The number of hydrogen-bond donors (Lipinski definition) is 1. The van der Waals surface area contributed by atoms with Gasteiger partial charge in [0.05, 0.1) is 12.7 Å². The third-order valence-electron chi connectivity index (χ3n) is 3.00. The van der Waals surface area contributed by atoms with E-state index in [1.807, 2.05) is 0 Å². The van der Waals surface area contributed by atoms with Gasteiger partial charge in [-0.05, 0) is 18.6 Å². The summed E-state index contributed by atoms with van der Waals surface area (Å²) in [4.78, 5) is 8.24. The Labute approximate surface area is 128 Å². The lowest BCUT2D eigenvalue weighted by molar-refractivity contribution is 0.416. The van der Waals surface area contributed by atoms with Crippen molar-refractivity contribution in [1.29, 1.82) is 5.26 Å². The number of nitrogens with one attached hydrogen (secondary N) is 1. The molecule has 2 rings (SSSR count). The molecule has 0 spiro atoms. The molecule has 6 heteroatoms. The van der Waals surface area contributed by atoms with Gasteiger partial charge >= 0.3 is 0 Å². The van der Waals surface area contributed by atoms with Crippen molar-refractivity contribution in [1.82, 2.24) is 9.97 Å². The number of halogens is 1. The highest BCUT2D eigenvalue weighted by Gasteiger charge is 2.14. The Morgan fingerprint density at radius 2 is 2.19 bits per heavy atom. The summed E-state index contributed by atoms with van der Waals surface area (Å²) in [6, 6.07) is 7.40. The molecule has 0 aliphatic carbocycles. The van der Waals surface area contributed by atoms with Crippen LogP contribution >= 0.6 is 11.6 Å². The largest absolute Gasteiger partial charge is 0.495 e. The molecule has 0 aliphatic rings. The van der Waals surface area contributed by atoms with Crippen LogP contribution in [0.15, 0.2) is 24.5 Å². The molecule has 0 aliphatic heterocycles. The van der Waals surface area contributed by atoms with Gasteiger partial charge in [-0.3, -0.25) is 0 Å². The number of benzene rings is 1. The molecule has 1 N–H and O–H groups in total. The molecule has 1 aromatic carbocycles. The SMILES string of the molecule is CCCc1c(Cl)ncnc1Nc1c(C#N)cccc1OC. The van der Waals surface area contributed by atoms with Gasteiger partial charge in [0.2, 0.25) is 0 Å². The van der Waals surface area contributed by atoms with Crippen LogP contribution < -0.4 is 10.1 Å². The Balaban J connectivity index is 2.48. The lowest BCUT2D eigenvalue weighted by atomic mass is 10.1. The monoisotopic (exact) mass is 302 g/mol. The molecule has 0 unspecified atom stereocenters. The van der Waals surface area contributed by atoms with Crippen molar-refractivity contribution in [3.8, 4) is 11.8 Å². The number of anilines is 2. The number of nitrogens with zero attached hydrogens (tertiary/aromatic N) is 3. The minimum absolute atomic E-state index is 0.419. The summed E-state index contributed by atoms with van der Waals surface area (Å²) in [5, 5.41) is 12.8. The van der Waals surface area contributed by atoms with E-state index < -0.39 is 0 Å². The van der Waals surface area contributed by atoms with Crippen molar-refractivity contribution >= 4 is 23.1 Å². The minimum atomic E-state index is 0.419. The molecule has 5 nitrogen and oxygen atoms in total. The second-order valence-electron chi connectivity index (χ2n) is 4.36. The van der Waals surface area contributed by atoms with Crippen molar-refractivity contribution in [2.75, 3.05) is 12.4 Å². The fourth-order valence-electron chi connectivity index (χ4n) is 2.01. The second-order valence-corrected chi connectivity index (χ2v) is 4.72. The molecule has 108 valence electrons. The lowest BCUT2D eigenvalue weighted by Gasteiger charge is -2.15. The van der Waals surface area contributed by atoms with Gasteiger partial charge in [-0.25, -0.2) is 9.97 Å². The van der Waals surface area contributed by atoms with Gasteiger partial charge in [0.1, 0.15) is 34.8 Å². The third-order valence-corrected chi connectivity index (χ3v) is 3.33. The van der Waals surface area contributed by atoms with E-state index in [1.165, 1.54) is 6.33 Å². The molecule has 0 saturated carbocycles. The van der Waals surface area contributed by atoms with E-state index in [0.29, 0.717) is 28.0 Å². The zero-order valence-corrected chi connectivity index (χ0v) is 12.6. The van der Waals surface area contributed by atoms with Crippen molar-refractivity contribution in [2.24, 2.45) is 0 Å². The summed E-state index contributed by atoms with van der Waals surface area (Å²) < 4.78 is 5.30. The molecule has 1 heterocycles. The van der Waals surface area contributed by atoms with Crippen molar-refractivity contribution in [3.63, 3.8) is 0 Å². The molecule has 2 aromatic rings. The fraction of sp³-hybridized carbons (Fsp3) is 0.267. The second kappa shape index (κ2) is 6.91. The fourth-order valence-corrected chi connectivity index (χ4v) is 2.24. The van der Waals surface area contributed by atoms with Crippen LogP contribution in [0.1, 0.15) is 24.5 Å². The Hall–Kier alpha value is -2.32. The average molecular weight is 303 g/mol. The van der Waals surface area contributed by atoms with Crippen LogP contribution in [0.25, 0.3) is 0 Å². The summed E-state index contributed by atoms with van der Waals surface area (Å²) >= 11 is 6.13. The van der Waals surface area contributed by atoms with E-state index >= 15 is 0 Å². The van der Waals surface area contributed by atoms with Crippen LogP contribution in [0.4, 0.5) is 11.5 Å². The van der Waals surface area contributed by atoms with Crippen molar-refractivity contribution in [3.05, 3.63) is 40.8 Å². The summed E-state index contributed by atoms with van der Waals surface area (Å²) in [5.41, 5.74) is 1.89. The molecule has 0 saturated heterocycles. The highest BCUT2D eigenvalue weighted by atomic mass is 35.5. The Morgan fingerprint density at radius 1 is 1.38 bits per heavy atom. The first-order chi connectivity index (χ1) is 10.2. The van der Waals surface area contributed by atoms with E-state index in [-0.39, 0.29) is 0 Å². The number of methoxy groups -OCH3 is 1. The molecule has 0 amide bonds. The summed E-state index contributed by atoms with van der Waals surface area (Å²) in [6.45, 7) is 2.05. The van der Waals surface area contributed by atoms with Gasteiger partial charge in [-0.2, -0.15) is 5.26 Å². The summed E-state index contributed by atoms with van der Waals surface area (Å²) in [5.74, 6) is 1.17. The number of aromatic nitrogens is 2. The smallest absolute Gasteiger partial charge is 0.143 e. The molecular formula is C15H15ClN4O. The van der Waals surface area contributed by atoms with Crippen LogP contribution in [0.3, 0.4) is 0 Å². The zero-order valence-electron chi connectivity index (χ0n) is 11.9. The van der Waals surface area contributed by atoms with Crippen molar-refractivity contribution in [2.45, 2.75) is 19.8 Å². The standard InChI is InChI=1S/C15H15ClN4O/c1-3-5-11-14(16)18-9-19-15(11)20-13-10(8-17)6-4-7-12(13)21-2/h4,6-7,9H,3,5H2,1-2H3,(H,18,19,20). The predicted octanol–water partition coefficient (Wildman–Crippen LogP) is 3.71. The molecular weight excluding hydrogens is 288 g/mol. The van der Waals surface area contributed by atoms with E-state index in [9.17, 15) is 5.26 Å². The highest BCUT2D eigenvalue weighted by Crippen LogP contribution is 2.32. The maximum absolute atomic E-state index is 9.24. The number of para-hydroxylation sites is 1. The molecule has 0 bridgehead atoms. The third kappa shape index (κ3) is 3.23. The van der Waals surface area contributed by atoms with Crippen LogP contribution in [-0.2, 0) is 6.42 Å². The Morgan fingerprint density at radius 3 is 2.86 bits per heavy atom. The van der Waals surface area contributed by atoms with E-state index in [4.69, 9.17) is 16.3 Å². The topological polar surface area (TPSA) is 70.8 Å². The van der Waals surface area contributed by atoms with E-state index in [1.54, 1.807) is 25.3 Å².